The molecule has 0 amide bonds. The lowest BCUT2D eigenvalue weighted by molar-refractivity contribution is -0.150. The SMILES string of the molecule is CCOC(=S)SCCOC(=O)C(C(C)C)C(C)(C)SC(=S)c1ccccc1. The van der Waals surface area contributed by atoms with Crippen molar-refractivity contribution < 1.29 is 14.3 Å². The van der Waals surface area contributed by atoms with Gasteiger partial charge in [0.2, 0.25) is 4.38 Å². The molecule has 0 radical (unpaired) electrons. The standard InChI is InChI=1S/C20H28O3S4/c1-6-22-19(25)26-13-12-23-17(21)16(14(2)3)20(4,5)27-18(24)15-10-8-7-9-11-15/h7-11,14,16H,6,12-13H2,1-5H3. The summed E-state index contributed by atoms with van der Waals surface area (Å²) in [5.74, 6) is 0.260. The predicted molar refractivity (Wildman–Crippen MR) is 126 cm³/mol. The average Bonchev–Trinajstić information content (AvgIpc) is 2.58. The molecule has 1 unspecified atom stereocenters. The number of ether oxygens (including phenoxy) is 2. The summed E-state index contributed by atoms with van der Waals surface area (Å²) >= 11 is 13.6. The molecule has 1 aromatic carbocycles. The molecular formula is C20H28O3S4. The Hall–Kier alpha value is -0.630. The van der Waals surface area contributed by atoms with Gasteiger partial charge in [-0.3, -0.25) is 4.79 Å². The highest BCUT2D eigenvalue weighted by atomic mass is 32.2. The maximum atomic E-state index is 12.8. The molecule has 27 heavy (non-hydrogen) atoms. The largest absolute Gasteiger partial charge is 0.479 e. The summed E-state index contributed by atoms with van der Waals surface area (Å²) in [6.07, 6.45) is 0. The van der Waals surface area contributed by atoms with Crippen LogP contribution in [0.2, 0.25) is 0 Å². The van der Waals surface area contributed by atoms with Crippen LogP contribution in [0.1, 0.15) is 40.2 Å². The Morgan fingerprint density at radius 3 is 2.33 bits per heavy atom. The number of carbonyl (C=O) groups is 1. The second-order valence-corrected chi connectivity index (χ2v) is 10.8. The van der Waals surface area contributed by atoms with Gasteiger partial charge in [-0.05, 0) is 44.5 Å². The van der Waals surface area contributed by atoms with Crippen molar-refractivity contribution in [1.82, 2.24) is 0 Å². The molecule has 0 fully saturated rings. The third-order valence-electron chi connectivity index (χ3n) is 3.84. The number of thioether (sulfide) groups is 2. The molecule has 1 atom stereocenters. The molecule has 0 aliphatic rings. The van der Waals surface area contributed by atoms with E-state index in [1.807, 2.05) is 51.1 Å². The van der Waals surface area contributed by atoms with Gasteiger partial charge in [0, 0.05) is 10.5 Å². The summed E-state index contributed by atoms with van der Waals surface area (Å²) < 4.78 is 11.6. The number of thiocarbonyl (C=S) groups is 2. The van der Waals surface area contributed by atoms with Crippen LogP contribution in [0.3, 0.4) is 0 Å². The van der Waals surface area contributed by atoms with Gasteiger partial charge >= 0.3 is 5.97 Å². The molecule has 0 aromatic heterocycles. The van der Waals surface area contributed by atoms with Crippen molar-refractivity contribution >= 4 is 62.5 Å². The van der Waals surface area contributed by atoms with E-state index in [2.05, 4.69) is 13.8 Å². The molecule has 0 aliphatic carbocycles. The highest BCUT2D eigenvalue weighted by Gasteiger charge is 2.40. The smallest absolute Gasteiger partial charge is 0.310 e. The minimum atomic E-state index is -0.383. The molecule has 1 aromatic rings. The van der Waals surface area contributed by atoms with Crippen molar-refractivity contribution in [3.05, 3.63) is 35.9 Å². The summed E-state index contributed by atoms with van der Waals surface area (Å²) in [5.41, 5.74) is 1.00. The molecule has 0 saturated heterocycles. The third kappa shape index (κ3) is 8.50. The lowest BCUT2D eigenvalue weighted by atomic mass is 9.85. The molecule has 1 rings (SSSR count). The van der Waals surface area contributed by atoms with E-state index in [9.17, 15) is 4.79 Å². The van der Waals surface area contributed by atoms with E-state index < -0.39 is 0 Å². The summed E-state index contributed by atoms with van der Waals surface area (Å²) in [5, 5.41) is 0. The minimum Gasteiger partial charge on any atom is -0.479 e. The van der Waals surface area contributed by atoms with Gasteiger partial charge in [-0.15, -0.1) is 11.8 Å². The van der Waals surface area contributed by atoms with Gasteiger partial charge in [0.05, 0.1) is 16.7 Å². The number of hydrogen-bond acceptors (Lipinski definition) is 7. The van der Waals surface area contributed by atoms with Crippen molar-refractivity contribution in [3.63, 3.8) is 0 Å². The Balaban J connectivity index is 2.67. The van der Waals surface area contributed by atoms with Crippen LogP contribution in [-0.4, -0.2) is 38.3 Å². The van der Waals surface area contributed by atoms with Crippen LogP contribution < -0.4 is 0 Å². The quantitative estimate of drug-likeness (QED) is 0.273. The Bertz CT molecular complexity index is 629. The number of carbonyl (C=O) groups excluding carboxylic acids is 1. The van der Waals surface area contributed by atoms with Crippen LogP contribution in [0, 0.1) is 11.8 Å². The summed E-state index contributed by atoms with van der Waals surface area (Å²) in [4.78, 5) is 12.8. The van der Waals surface area contributed by atoms with Crippen LogP contribution in [0.5, 0.6) is 0 Å². The van der Waals surface area contributed by atoms with E-state index in [-0.39, 0.29) is 22.6 Å². The minimum absolute atomic E-state index is 0.135. The number of benzene rings is 1. The Morgan fingerprint density at radius 1 is 1.15 bits per heavy atom. The van der Waals surface area contributed by atoms with E-state index >= 15 is 0 Å². The van der Waals surface area contributed by atoms with Crippen LogP contribution in [-0.2, 0) is 14.3 Å². The lowest BCUT2D eigenvalue weighted by Crippen LogP contribution is -2.40. The fraction of sp³-hybridized carbons (Fsp3) is 0.550. The Morgan fingerprint density at radius 2 is 1.78 bits per heavy atom. The van der Waals surface area contributed by atoms with Crippen LogP contribution in [0.15, 0.2) is 30.3 Å². The first kappa shape index (κ1) is 24.4. The van der Waals surface area contributed by atoms with Gasteiger partial charge in [-0.25, -0.2) is 0 Å². The molecular weight excluding hydrogens is 416 g/mol. The molecule has 3 nitrogen and oxygen atoms in total. The summed E-state index contributed by atoms with van der Waals surface area (Å²) in [6.45, 7) is 10.9. The van der Waals surface area contributed by atoms with Crippen molar-refractivity contribution in [3.8, 4) is 0 Å². The number of hydrogen-bond donors (Lipinski definition) is 0. The molecule has 0 bridgehead atoms. The Kier molecular flexibility index (Phi) is 10.9. The zero-order valence-corrected chi connectivity index (χ0v) is 19.8. The second-order valence-electron chi connectivity index (χ2n) is 6.78. The fourth-order valence-corrected chi connectivity index (χ4v) is 5.72. The molecule has 0 aliphatic heterocycles. The monoisotopic (exact) mass is 444 g/mol. The van der Waals surface area contributed by atoms with E-state index in [0.29, 0.717) is 23.3 Å². The molecule has 0 N–H and O–H groups in total. The average molecular weight is 445 g/mol. The Labute approximate surface area is 182 Å². The van der Waals surface area contributed by atoms with Crippen molar-refractivity contribution in [2.75, 3.05) is 19.0 Å². The molecule has 150 valence electrons. The van der Waals surface area contributed by atoms with E-state index in [1.54, 1.807) is 11.8 Å². The highest BCUT2D eigenvalue weighted by Crippen LogP contribution is 2.40. The molecule has 0 saturated carbocycles. The third-order valence-corrected chi connectivity index (χ3v) is 6.73. The van der Waals surface area contributed by atoms with Gasteiger partial charge < -0.3 is 9.47 Å². The summed E-state index contributed by atoms with van der Waals surface area (Å²) in [7, 11) is 0. The predicted octanol–water partition coefficient (Wildman–Crippen LogP) is 5.74. The van der Waals surface area contributed by atoms with Gasteiger partial charge in [0.1, 0.15) is 6.61 Å². The van der Waals surface area contributed by atoms with Crippen molar-refractivity contribution in [2.24, 2.45) is 11.8 Å². The maximum absolute atomic E-state index is 12.8. The molecule has 0 spiro atoms. The molecule has 7 heteroatoms. The van der Waals surface area contributed by atoms with Crippen LogP contribution in [0.25, 0.3) is 0 Å². The normalized spacial score (nSPS) is 12.5. The first-order valence-corrected chi connectivity index (χ1v) is 11.6. The van der Waals surface area contributed by atoms with Crippen LogP contribution >= 0.6 is 48.0 Å². The van der Waals surface area contributed by atoms with Gasteiger partial charge in [0.25, 0.3) is 0 Å². The van der Waals surface area contributed by atoms with E-state index in [1.165, 1.54) is 11.8 Å². The van der Waals surface area contributed by atoms with Crippen molar-refractivity contribution in [1.29, 1.82) is 0 Å². The highest BCUT2D eigenvalue weighted by molar-refractivity contribution is 8.24. The lowest BCUT2D eigenvalue weighted by Gasteiger charge is -2.34. The number of esters is 1. The van der Waals surface area contributed by atoms with E-state index in [0.717, 1.165) is 9.76 Å². The first-order valence-electron chi connectivity index (χ1n) is 8.93. The number of rotatable bonds is 9. The van der Waals surface area contributed by atoms with Gasteiger partial charge in [0.15, 0.2) is 0 Å². The second kappa shape index (κ2) is 12.0. The molecule has 0 heterocycles. The van der Waals surface area contributed by atoms with Crippen LogP contribution in [0.4, 0.5) is 0 Å². The van der Waals surface area contributed by atoms with Crippen molar-refractivity contribution in [2.45, 2.75) is 39.4 Å². The van der Waals surface area contributed by atoms with E-state index in [4.69, 9.17) is 33.9 Å². The maximum Gasteiger partial charge on any atom is 0.310 e. The van der Waals surface area contributed by atoms with Gasteiger partial charge in [-0.1, -0.05) is 68.2 Å². The topological polar surface area (TPSA) is 35.5 Å². The fourth-order valence-electron chi connectivity index (χ4n) is 2.81. The summed E-state index contributed by atoms with van der Waals surface area (Å²) in [6, 6.07) is 9.88. The zero-order valence-electron chi connectivity index (χ0n) is 16.5. The first-order chi connectivity index (χ1) is 12.7. The van der Waals surface area contributed by atoms with Gasteiger partial charge in [-0.2, -0.15) is 0 Å². The zero-order chi connectivity index (χ0) is 20.4.